The summed E-state index contributed by atoms with van der Waals surface area (Å²) in [6.45, 7) is -0.0657. The zero-order valence-corrected chi connectivity index (χ0v) is 18.6. The minimum atomic E-state index is -4.58. The van der Waals surface area contributed by atoms with Crippen LogP contribution in [0.15, 0.2) is 47.4 Å². The molecule has 0 spiro atoms. The van der Waals surface area contributed by atoms with E-state index in [1.165, 1.54) is 23.1 Å². The van der Waals surface area contributed by atoms with Crippen LogP contribution in [-0.2, 0) is 16.2 Å². The highest BCUT2D eigenvalue weighted by Crippen LogP contribution is 2.31. The first-order chi connectivity index (χ1) is 15.3. The summed E-state index contributed by atoms with van der Waals surface area (Å²) in [5, 5.41) is 11.4. The number of nitro groups is 1. The van der Waals surface area contributed by atoms with Crippen molar-refractivity contribution in [2.24, 2.45) is 0 Å². The molecular formula is C20H21F3N4O5S. The molecule has 0 aromatic heterocycles. The molecule has 3 rings (SSSR count). The molecule has 13 heteroatoms. The zero-order chi connectivity index (χ0) is 24.6. The molecule has 0 N–H and O–H groups in total. The van der Waals surface area contributed by atoms with Crippen molar-refractivity contribution in [3.8, 4) is 0 Å². The lowest BCUT2D eigenvalue weighted by molar-refractivity contribution is -0.384. The predicted molar refractivity (Wildman–Crippen MR) is 114 cm³/mol. The largest absolute Gasteiger partial charge is 0.416 e. The normalized spacial score (nSPS) is 15.4. The lowest BCUT2D eigenvalue weighted by atomic mass is 10.1. The van der Waals surface area contributed by atoms with Gasteiger partial charge in [-0.15, -0.1) is 0 Å². The first-order valence-electron chi connectivity index (χ1n) is 9.75. The van der Waals surface area contributed by atoms with Gasteiger partial charge in [-0.1, -0.05) is 0 Å². The minimum absolute atomic E-state index is 0.0297. The van der Waals surface area contributed by atoms with Gasteiger partial charge in [-0.2, -0.15) is 17.5 Å². The highest BCUT2D eigenvalue weighted by atomic mass is 32.2. The van der Waals surface area contributed by atoms with Crippen LogP contribution in [0.1, 0.15) is 15.9 Å². The second-order valence-corrected chi connectivity index (χ2v) is 9.51. The van der Waals surface area contributed by atoms with Crippen molar-refractivity contribution in [2.45, 2.75) is 11.1 Å². The van der Waals surface area contributed by atoms with Crippen molar-refractivity contribution in [3.05, 3.63) is 63.7 Å². The maximum absolute atomic E-state index is 12.8. The molecule has 0 atom stereocenters. The van der Waals surface area contributed by atoms with Crippen LogP contribution >= 0.6 is 0 Å². The van der Waals surface area contributed by atoms with Gasteiger partial charge in [0, 0.05) is 51.9 Å². The number of hydrogen-bond acceptors (Lipinski definition) is 6. The fourth-order valence-corrected chi connectivity index (χ4v) is 4.88. The van der Waals surface area contributed by atoms with Gasteiger partial charge in [-0.3, -0.25) is 14.9 Å². The summed E-state index contributed by atoms with van der Waals surface area (Å²) < 4.78 is 64.8. The highest BCUT2D eigenvalue weighted by molar-refractivity contribution is 7.89. The second kappa shape index (κ2) is 8.98. The third-order valence-corrected chi connectivity index (χ3v) is 7.16. The molecule has 0 unspecified atom stereocenters. The van der Waals surface area contributed by atoms with Crippen molar-refractivity contribution >= 4 is 27.3 Å². The Morgan fingerprint density at radius 1 is 1.03 bits per heavy atom. The Kier molecular flexibility index (Phi) is 6.65. The van der Waals surface area contributed by atoms with Crippen LogP contribution in [0.25, 0.3) is 0 Å². The van der Waals surface area contributed by atoms with Crippen LogP contribution in [0, 0.1) is 10.1 Å². The number of halogens is 3. The number of nitro benzene ring substituents is 1. The number of anilines is 1. The number of carbonyl (C=O) groups excluding carboxylic acids is 1. The Bertz CT molecular complexity index is 1160. The lowest BCUT2D eigenvalue weighted by Gasteiger charge is -2.34. The van der Waals surface area contributed by atoms with Crippen LogP contribution in [0.3, 0.4) is 0 Å². The summed E-state index contributed by atoms with van der Waals surface area (Å²) in [4.78, 5) is 26.3. The van der Waals surface area contributed by atoms with Crippen molar-refractivity contribution in [1.29, 1.82) is 0 Å². The van der Waals surface area contributed by atoms with Gasteiger partial charge in [0.05, 0.1) is 15.4 Å². The molecule has 2 aromatic rings. The Labute approximate surface area is 188 Å². The van der Waals surface area contributed by atoms with Gasteiger partial charge in [0.2, 0.25) is 10.0 Å². The molecule has 0 saturated carbocycles. The van der Waals surface area contributed by atoms with Crippen LogP contribution in [0.2, 0.25) is 0 Å². The summed E-state index contributed by atoms with van der Waals surface area (Å²) in [7, 11) is -0.760. The van der Waals surface area contributed by atoms with E-state index >= 15 is 0 Å². The maximum atomic E-state index is 12.8. The van der Waals surface area contributed by atoms with E-state index in [4.69, 9.17) is 0 Å². The van der Waals surface area contributed by atoms with Crippen molar-refractivity contribution in [3.63, 3.8) is 0 Å². The number of rotatable bonds is 5. The summed E-state index contributed by atoms with van der Waals surface area (Å²) in [6, 6.07) is 7.34. The van der Waals surface area contributed by atoms with E-state index in [2.05, 4.69) is 0 Å². The van der Waals surface area contributed by atoms with E-state index in [0.717, 1.165) is 16.4 Å². The number of piperazine rings is 1. The van der Waals surface area contributed by atoms with Crippen LogP contribution in [0.5, 0.6) is 0 Å². The number of alkyl halides is 3. The topological polar surface area (TPSA) is 104 Å². The molecule has 9 nitrogen and oxygen atoms in total. The summed E-state index contributed by atoms with van der Waals surface area (Å²) >= 11 is 0. The van der Waals surface area contributed by atoms with E-state index in [1.54, 1.807) is 19.0 Å². The van der Waals surface area contributed by atoms with E-state index in [9.17, 15) is 36.5 Å². The molecule has 1 heterocycles. The zero-order valence-electron chi connectivity index (χ0n) is 17.7. The van der Waals surface area contributed by atoms with Crippen LogP contribution in [-0.4, -0.2) is 68.7 Å². The molecule has 1 aliphatic heterocycles. The quantitative estimate of drug-likeness (QED) is 0.476. The van der Waals surface area contributed by atoms with Gasteiger partial charge >= 0.3 is 6.18 Å². The molecule has 1 aliphatic rings. The molecule has 0 radical (unpaired) electrons. The number of sulfonamides is 1. The van der Waals surface area contributed by atoms with Gasteiger partial charge in [0.1, 0.15) is 5.69 Å². The van der Waals surface area contributed by atoms with Gasteiger partial charge in [0.15, 0.2) is 0 Å². The standard InChI is InChI=1S/C20H21F3N4O5S/c1-24(2)17-8-3-14(13-18(17)27(29)30)19(28)25-9-11-26(12-10-25)33(31,32)16-6-4-15(5-7-16)20(21,22)23/h3-8,13H,9-12H2,1-2H3. The van der Waals surface area contributed by atoms with E-state index < -0.39 is 32.6 Å². The Morgan fingerprint density at radius 2 is 1.61 bits per heavy atom. The third-order valence-electron chi connectivity index (χ3n) is 5.25. The Morgan fingerprint density at radius 3 is 2.09 bits per heavy atom. The van der Waals surface area contributed by atoms with Gasteiger partial charge in [-0.25, -0.2) is 8.42 Å². The number of benzene rings is 2. The molecule has 2 aromatic carbocycles. The average Bonchev–Trinajstić information content (AvgIpc) is 2.77. The van der Waals surface area contributed by atoms with E-state index in [1.807, 2.05) is 0 Å². The monoisotopic (exact) mass is 486 g/mol. The molecule has 1 amide bonds. The number of hydrogen-bond donors (Lipinski definition) is 0. The predicted octanol–water partition coefficient (Wildman–Crippen LogP) is 2.83. The highest BCUT2D eigenvalue weighted by Gasteiger charge is 2.33. The average molecular weight is 486 g/mol. The van der Waals surface area contributed by atoms with E-state index in [-0.39, 0.29) is 42.3 Å². The summed E-state index contributed by atoms with van der Waals surface area (Å²) in [5.41, 5.74) is -0.740. The van der Waals surface area contributed by atoms with Gasteiger partial charge < -0.3 is 9.80 Å². The fraction of sp³-hybridized carbons (Fsp3) is 0.350. The molecule has 178 valence electrons. The first-order valence-corrected chi connectivity index (χ1v) is 11.2. The molecule has 33 heavy (non-hydrogen) atoms. The lowest BCUT2D eigenvalue weighted by Crippen LogP contribution is -2.50. The SMILES string of the molecule is CN(C)c1ccc(C(=O)N2CCN(S(=O)(=O)c3ccc(C(F)(F)F)cc3)CC2)cc1[N+](=O)[O-]. The molecule has 0 bridgehead atoms. The minimum Gasteiger partial charge on any atom is -0.372 e. The first kappa shape index (κ1) is 24.5. The molecule has 0 aliphatic carbocycles. The van der Waals surface area contributed by atoms with Crippen LogP contribution in [0.4, 0.5) is 24.5 Å². The maximum Gasteiger partial charge on any atom is 0.416 e. The Balaban J connectivity index is 1.72. The van der Waals surface area contributed by atoms with Gasteiger partial charge in [0.25, 0.3) is 11.6 Å². The van der Waals surface area contributed by atoms with Crippen LogP contribution < -0.4 is 4.90 Å². The number of carbonyl (C=O) groups is 1. The smallest absolute Gasteiger partial charge is 0.372 e. The summed E-state index contributed by atoms with van der Waals surface area (Å²) in [6.07, 6.45) is -4.58. The Hall–Kier alpha value is -3.19. The van der Waals surface area contributed by atoms with Crippen molar-refractivity contribution in [2.75, 3.05) is 45.2 Å². The van der Waals surface area contributed by atoms with Crippen molar-refractivity contribution < 1.29 is 31.3 Å². The molecule has 1 saturated heterocycles. The van der Waals surface area contributed by atoms with Crippen molar-refractivity contribution in [1.82, 2.24) is 9.21 Å². The number of amides is 1. The molecular weight excluding hydrogens is 465 g/mol. The van der Waals surface area contributed by atoms with Gasteiger partial charge in [-0.05, 0) is 36.4 Å². The molecule has 1 fully saturated rings. The fourth-order valence-electron chi connectivity index (χ4n) is 3.46. The summed E-state index contributed by atoms with van der Waals surface area (Å²) in [5.74, 6) is -0.477. The third kappa shape index (κ3) is 5.09. The van der Waals surface area contributed by atoms with E-state index in [0.29, 0.717) is 17.8 Å². The second-order valence-electron chi connectivity index (χ2n) is 7.57. The number of nitrogens with zero attached hydrogens (tertiary/aromatic N) is 4.